The molecule has 104 valence electrons. The minimum atomic E-state index is -0.471. The molecule has 0 radical (unpaired) electrons. The van der Waals surface area contributed by atoms with Crippen molar-refractivity contribution in [3.63, 3.8) is 0 Å². The fourth-order valence-electron chi connectivity index (χ4n) is 1.78. The van der Waals surface area contributed by atoms with Crippen molar-refractivity contribution < 1.29 is 14.7 Å². The van der Waals surface area contributed by atoms with Gasteiger partial charge in [-0.15, -0.1) is 0 Å². The van der Waals surface area contributed by atoms with E-state index in [1.807, 2.05) is 0 Å². The number of halogens is 1. The second-order valence-corrected chi connectivity index (χ2v) is 4.66. The number of aromatic hydroxyl groups is 1. The zero-order valence-corrected chi connectivity index (χ0v) is 11.6. The third-order valence-electron chi connectivity index (χ3n) is 2.74. The van der Waals surface area contributed by atoms with E-state index >= 15 is 0 Å². The van der Waals surface area contributed by atoms with Gasteiger partial charge in [-0.25, -0.2) is 0 Å². The number of rotatable bonds is 3. The van der Waals surface area contributed by atoms with Gasteiger partial charge in [-0.2, -0.15) is 5.10 Å². The van der Waals surface area contributed by atoms with Crippen LogP contribution in [0.2, 0.25) is 5.02 Å². The van der Waals surface area contributed by atoms with Crippen LogP contribution in [-0.4, -0.2) is 27.0 Å². The minimum absolute atomic E-state index is 0.0719. The predicted octanol–water partition coefficient (Wildman–Crippen LogP) is 2.53. The predicted molar refractivity (Wildman–Crippen MR) is 74.4 cm³/mol. The Morgan fingerprint density at radius 2 is 2.10 bits per heavy atom. The number of phenols is 1. The summed E-state index contributed by atoms with van der Waals surface area (Å²) in [6.45, 7) is 3.09. The molecule has 2 aromatic rings. The van der Waals surface area contributed by atoms with Gasteiger partial charge in [0.2, 0.25) is 0 Å². The topological polar surface area (TPSA) is 95.1 Å². The molecular weight excluding hydrogens is 282 g/mol. The van der Waals surface area contributed by atoms with Crippen LogP contribution in [0.5, 0.6) is 5.75 Å². The van der Waals surface area contributed by atoms with E-state index in [2.05, 4.69) is 15.5 Å². The Morgan fingerprint density at radius 3 is 2.70 bits per heavy atom. The Balaban J connectivity index is 2.28. The van der Waals surface area contributed by atoms with Crippen molar-refractivity contribution >= 4 is 29.1 Å². The number of carbonyl (C=O) groups is 2. The van der Waals surface area contributed by atoms with Gasteiger partial charge in [-0.3, -0.25) is 14.7 Å². The second kappa shape index (κ2) is 5.34. The number of aromatic amines is 1. The van der Waals surface area contributed by atoms with Crippen LogP contribution >= 0.6 is 11.6 Å². The van der Waals surface area contributed by atoms with Crippen molar-refractivity contribution in [3.8, 4) is 5.75 Å². The number of amides is 1. The SMILES string of the molecule is CC(=O)c1c(NC(=O)c2ccc(O)c(Cl)c2)n[nH]c1C. The summed E-state index contributed by atoms with van der Waals surface area (Å²) in [5.74, 6) is -0.608. The third-order valence-corrected chi connectivity index (χ3v) is 3.04. The lowest BCUT2D eigenvalue weighted by atomic mass is 10.1. The van der Waals surface area contributed by atoms with Gasteiger partial charge in [0.05, 0.1) is 10.6 Å². The lowest BCUT2D eigenvalue weighted by molar-refractivity contribution is 0.101. The number of benzene rings is 1. The summed E-state index contributed by atoms with van der Waals surface area (Å²) in [6, 6.07) is 4.07. The highest BCUT2D eigenvalue weighted by molar-refractivity contribution is 6.32. The van der Waals surface area contributed by atoms with Gasteiger partial charge in [0.25, 0.3) is 5.91 Å². The first-order valence-electron chi connectivity index (χ1n) is 5.76. The van der Waals surface area contributed by atoms with Gasteiger partial charge in [0.1, 0.15) is 5.75 Å². The van der Waals surface area contributed by atoms with Gasteiger partial charge in [-0.05, 0) is 32.0 Å². The molecule has 7 heteroatoms. The molecule has 6 nitrogen and oxygen atoms in total. The molecule has 1 aromatic carbocycles. The molecule has 0 bridgehead atoms. The number of Topliss-reactive ketones (excluding diaryl/α,β-unsaturated/α-hetero) is 1. The van der Waals surface area contributed by atoms with Crippen molar-refractivity contribution in [2.75, 3.05) is 5.32 Å². The molecule has 0 spiro atoms. The van der Waals surface area contributed by atoms with E-state index in [9.17, 15) is 14.7 Å². The van der Waals surface area contributed by atoms with Crippen LogP contribution in [0.25, 0.3) is 0 Å². The van der Waals surface area contributed by atoms with E-state index in [1.165, 1.54) is 25.1 Å². The summed E-state index contributed by atoms with van der Waals surface area (Å²) in [5.41, 5.74) is 1.17. The largest absolute Gasteiger partial charge is 0.506 e. The summed E-state index contributed by atoms with van der Waals surface area (Å²) in [4.78, 5) is 23.5. The number of nitrogens with one attached hydrogen (secondary N) is 2. The number of aromatic nitrogens is 2. The van der Waals surface area contributed by atoms with Gasteiger partial charge < -0.3 is 10.4 Å². The summed E-state index contributed by atoms with van der Waals surface area (Å²) in [5, 5.41) is 18.4. The number of anilines is 1. The third kappa shape index (κ3) is 2.65. The standard InChI is InChI=1S/C13H12ClN3O3/c1-6-11(7(2)18)12(17-16-6)15-13(20)8-3-4-10(19)9(14)5-8/h3-5,19H,1-2H3,(H2,15,16,17,20). The zero-order chi connectivity index (χ0) is 14.9. The Bertz CT molecular complexity index is 694. The van der Waals surface area contributed by atoms with E-state index in [0.717, 1.165) is 0 Å². The number of aryl methyl sites for hydroxylation is 1. The van der Waals surface area contributed by atoms with Crippen LogP contribution in [0.3, 0.4) is 0 Å². The van der Waals surface area contributed by atoms with Crippen LogP contribution in [-0.2, 0) is 0 Å². The molecule has 1 aromatic heterocycles. The number of hydrogen-bond acceptors (Lipinski definition) is 4. The van der Waals surface area contributed by atoms with E-state index < -0.39 is 5.91 Å². The molecule has 1 amide bonds. The van der Waals surface area contributed by atoms with Crippen LogP contribution in [0.4, 0.5) is 5.82 Å². The van der Waals surface area contributed by atoms with Gasteiger partial charge >= 0.3 is 0 Å². The molecule has 0 aliphatic carbocycles. The highest BCUT2D eigenvalue weighted by Gasteiger charge is 2.17. The molecule has 2 rings (SSSR count). The Hall–Kier alpha value is -2.34. The monoisotopic (exact) mass is 293 g/mol. The summed E-state index contributed by atoms with van der Waals surface area (Å²) in [7, 11) is 0. The van der Waals surface area contributed by atoms with E-state index in [1.54, 1.807) is 6.92 Å². The first-order chi connectivity index (χ1) is 9.40. The smallest absolute Gasteiger partial charge is 0.256 e. The van der Waals surface area contributed by atoms with Crippen LogP contribution in [0.15, 0.2) is 18.2 Å². The number of carbonyl (C=O) groups excluding carboxylic acids is 2. The maximum Gasteiger partial charge on any atom is 0.256 e. The van der Waals surface area contributed by atoms with Crippen LogP contribution in [0, 0.1) is 6.92 Å². The highest BCUT2D eigenvalue weighted by Crippen LogP contribution is 2.24. The first kappa shape index (κ1) is 14.1. The molecule has 1 heterocycles. The van der Waals surface area contributed by atoms with Gasteiger partial charge in [0, 0.05) is 11.3 Å². The molecule has 0 aliphatic rings. The fraction of sp³-hybridized carbons (Fsp3) is 0.154. The lowest BCUT2D eigenvalue weighted by Gasteiger charge is -2.05. The van der Waals surface area contributed by atoms with Crippen molar-refractivity contribution in [2.45, 2.75) is 13.8 Å². The second-order valence-electron chi connectivity index (χ2n) is 4.25. The fourth-order valence-corrected chi connectivity index (χ4v) is 1.96. The molecule has 3 N–H and O–H groups in total. The molecule has 0 saturated carbocycles. The summed E-state index contributed by atoms with van der Waals surface area (Å²) < 4.78 is 0. The van der Waals surface area contributed by atoms with Crippen molar-refractivity contribution in [2.24, 2.45) is 0 Å². The number of ketones is 1. The number of nitrogens with zero attached hydrogens (tertiary/aromatic N) is 1. The minimum Gasteiger partial charge on any atom is -0.506 e. The maximum absolute atomic E-state index is 12.0. The van der Waals surface area contributed by atoms with E-state index in [4.69, 9.17) is 11.6 Å². The maximum atomic E-state index is 12.0. The molecular formula is C13H12ClN3O3. The molecule has 0 unspecified atom stereocenters. The zero-order valence-electron chi connectivity index (χ0n) is 10.8. The Kier molecular flexibility index (Phi) is 3.76. The average Bonchev–Trinajstić information content (AvgIpc) is 2.73. The molecule has 0 atom stereocenters. The number of phenolic OH excluding ortho intramolecular Hbond substituents is 1. The lowest BCUT2D eigenvalue weighted by Crippen LogP contribution is -2.14. The molecule has 0 fully saturated rings. The van der Waals surface area contributed by atoms with E-state index in [0.29, 0.717) is 11.3 Å². The number of hydrogen-bond donors (Lipinski definition) is 3. The number of H-pyrrole nitrogens is 1. The van der Waals surface area contributed by atoms with Crippen molar-refractivity contribution in [1.29, 1.82) is 0 Å². The molecule has 0 aliphatic heterocycles. The van der Waals surface area contributed by atoms with Crippen LogP contribution in [0.1, 0.15) is 33.3 Å². The van der Waals surface area contributed by atoms with Gasteiger partial charge in [-0.1, -0.05) is 11.6 Å². The Morgan fingerprint density at radius 1 is 1.40 bits per heavy atom. The van der Waals surface area contributed by atoms with Gasteiger partial charge in [0.15, 0.2) is 11.6 Å². The van der Waals surface area contributed by atoms with Crippen molar-refractivity contribution in [1.82, 2.24) is 10.2 Å². The normalized spacial score (nSPS) is 10.3. The first-order valence-corrected chi connectivity index (χ1v) is 6.13. The summed E-state index contributed by atoms with van der Waals surface area (Å²) in [6.07, 6.45) is 0. The molecule has 20 heavy (non-hydrogen) atoms. The Labute approximate surface area is 119 Å². The van der Waals surface area contributed by atoms with E-state index in [-0.39, 0.29) is 27.9 Å². The highest BCUT2D eigenvalue weighted by atomic mass is 35.5. The quantitative estimate of drug-likeness (QED) is 0.758. The van der Waals surface area contributed by atoms with Crippen molar-refractivity contribution in [3.05, 3.63) is 40.0 Å². The average molecular weight is 294 g/mol. The molecule has 0 saturated heterocycles. The van der Waals surface area contributed by atoms with Crippen LogP contribution < -0.4 is 5.32 Å². The summed E-state index contributed by atoms with van der Waals surface area (Å²) >= 11 is 5.74.